The highest BCUT2D eigenvalue weighted by atomic mass is 32.2. The molecule has 1 aliphatic rings. The van der Waals surface area contributed by atoms with Gasteiger partial charge in [-0.15, -0.1) is 0 Å². The molecule has 0 saturated carbocycles. The summed E-state index contributed by atoms with van der Waals surface area (Å²) in [4.78, 5) is 26.1. The lowest BCUT2D eigenvalue weighted by Gasteiger charge is -2.50. The van der Waals surface area contributed by atoms with Gasteiger partial charge in [0.2, 0.25) is 5.91 Å². The molecule has 1 rings (SSSR count). The number of hydrogen-bond acceptors (Lipinski definition) is 6. The summed E-state index contributed by atoms with van der Waals surface area (Å²) in [7, 11) is -4.66. The first-order chi connectivity index (χ1) is 12.0. The van der Waals surface area contributed by atoms with Crippen LogP contribution in [0.15, 0.2) is 11.3 Å². The highest BCUT2D eigenvalue weighted by Gasteiger charge is 2.59. The van der Waals surface area contributed by atoms with Crippen molar-refractivity contribution >= 4 is 30.0 Å². The normalized spacial score (nSPS) is 22.1. The van der Waals surface area contributed by atoms with Crippen LogP contribution in [0.4, 0.5) is 0 Å². The molecule has 1 amide bonds. The molecule has 0 spiro atoms. The third-order valence-electron chi connectivity index (χ3n) is 5.41. The highest BCUT2D eigenvalue weighted by Crippen LogP contribution is 2.42. The van der Waals surface area contributed by atoms with Crippen molar-refractivity contribution < 1.29 is 27.2 Å². The van der Waals surface area contributed by atoms with Crippen molar-refractivity contribution in [3.63, 3.8) is 0 Å². The molecule has 27 heavy (non-hydrogen) atoms. The second-order valence-corrected chi connectivity index (χ2v) is 15.8. The largest absolute Gasteiger partial charge is 0.464 e. The summed E-state index contributed by atoms with van der Waals surface area (Å²) in [6, 6.07) is 0. The second-order valence-electron chi connectivity index (χ2n) is 8.88. The lowest BCUT2D eigenvalue weighted by molar-refractivity contribution is -0.158. The summed E-state index contributed by atoms with van der Waals surface area (Å²) >= 11 is 0. The summed E-state index contributed by atoms with van der Waals surface area (Å²) in [5, 5.41) is -1.22. The van der Waals surface area contributed by atoms with Gasteiger partial charge in [-0.05, 0) is 44.5 Å². The number of carbonyl (C=O) groups excluding carboxylic acids is 2. The van der Waals surface area contributed by atoms with E-state index in [2.05, 4.69) is 33.9 Å². The zero-order chi connectivity index (χ0) is 21.5. The Hall–Kier alpha value is -1.19. The van der Waals surface area contributed by atoms with Gasteiger partial charge >= 0.3 is 5.97 Å². The Morgan fingerprint density at radius 3 is 2.04 bits per heavy atom. The van der Waals surface area contributed by atoms with Gasteiger partial charge in [0, 0.05) is 6.26 Å². The van der Waals surface area contributed by atoms with Crippen LogP contribution in [0.3, 0.4) is 0 Å². The summed E-state index contributed by atoms with van der Waals surface area (Å²) in [6.07, 6.45) is 0.494. The number of rotatable bonds is 6. The number of β-lactam (4-membered cyclic amide) rings is 1. The zero-order valence-corrected chi connectivity index (χ0v) is 19.9. The summed E-state index contributed by atoms with van der Waals surface area (Å²) in [5.41, 5.74) is 0.494. The molecular formula is C18H33NO6SSi. The SMILES string of the molecule is COC(=O)C(=C(C)C)N1C(=O)[C@H]([C@@H](C)O[Si](C)(C)C(C)(C)C)[C@H]1S(C)(=O)=O. The van der Waals surface area contributed by atoms with Crippen molar-refractivity contribution in [2.45, 2.75) is 71.2 Å². The number of ether oxygens (including phenoxy) is 1. The maximum absolute atomic E-state index is 12.9. The van der Waals surface area contributed by atoms with E-state index in [9.17, 15) is 18.0 Å². The number of allylic oxidation sites excluding steroid dienone is 1. The third-order valence-corrected chi connectivity index (χ3v) is 11.4. The van der Waals surface area contributed by atoms with Crippen molar-refractivity contribution in [2.75, 3.05) is 13.4 Å². The molecule has 0 aliphatic carbocycles. The molecule has 0 radical (unpaired) electrons. The van der Waals surface area contributed by atoms with E-state index >= 15 is 0 Å². The average molecular weight is 420 g/mol. The number of methoxy groups -OCH3 is 1. The lowest BCUT2D eigenvalue weighted by atomic mass is 9.91. The Balaban J connectivity index is 3.31. The van der Waals surface area contributed by atoms with E-state index in [-0.39, 0.29) is 10.7 Å². The van der Waals surface area contributed by atoms with E-state index in [0.717, 1.165) is 11.2 Å². The number of amides is 1. The Bertz CT molecular complexity index is 746. The molecular weight excluding hydrogens is 386 g/mol. The lowest BCUT2D eigenvalue weighted by Crippen LogP contribution is -2.68. The predicted molar refractivity (Wildman–Crippen MR) is 107 cm³/mol. The fourth-order valence-corrected chi connectivity index (χ4v) is 5.86. The first-order valence-corrected chi connectivity index (χ1v) is 13.8. The Morgan fingerprint density at radius 1 is 1.22 bits per heavy atom. The average Bonchev–Trinajstić information content (AvgIpc) is 2.45. The standard InChI is InChI=1S/C18H33NO6SSi/c1-11(2)14(17(21)24-7)19-15(20)13(16(19)26(8,22)23)12(3)25-27(9,10)18(4,5)6/h12-13,16H,1-10H3/t12-,13+,16-/m1/s1. The molecule has 1 fully saturated rings. The minimum Gasteiger partial charge on any atom is -0.464 e. The van der Waals surface area contributed by atoms with Crippen LogP contribution >= 0.6 is 0 Å². The molecule has 0 N–H and O–H groups in total. The number of nitrogens with zero attached hydrogens (tertiary/aromatic N) is 1. The van der Waals surface area contributed by atoms with Crippen LogP contribution in [0.2, 0.25) is 18.1 Å². The highest BCUT2D eigenvalue weighted by molar-refractivity contribution is 7.91. The first kappa shape index (κ1) is 23.8. The smallest absolute Gasteiger partial charge is 0.354 e. The van der Waals surface area contributed by atoms with Gasteiger partial charge in [-0.3, -0.25) is 9.69 Å². The molecule has 0 aromatic carbocycles. The van der Waals surface area contributed by atoms with Gasteiger partial charge in [0.15, 0.2) is 23.5 Å². The van der Waals surface area contributed by atoms with Crippen LogP contribution in [-0.4, -0.2) is 58.4 Å². The van der Waals surface area contributed by atoms with Crippen molar-refractivity contribution in [3.8, 4) is 0 Å². The molecule has 3 atom stereocenters. The van der Waals surface area contributed by atoms with Crippen molar-refractivity contribution in [1.82, 2.24) is 4.90 Å². The van der Waals surface area contributed by atoms with Crippen LogP contribution in [0.5, 0.6) is 0 Å². The molecule has 0 aromatic rings. The summed E-state index contributed by atoms with van der Waals surface area (Å²) in [5.74, 6) is -2.01. The number of carbonyl (C=O) groups is 2. The van der Waals surface area contributed by atoms with Crippen molar-refractivity contribution in [2.24, 2.45) is 5.92 Å². The maximum atomic E-state index is 12.9. The minimum atomic E-state index is -3.66. The minimum absolute atomic E-state index is 0.0197. The van der Waals surface area contributed by atoms with E-state index in [1.807, 2.05) is 0 Å². The van der Waals surface area contributed by atoms with Gasteiger partial charge in [-0.1, -0.05) is 20.8 Å². The molecule has 7 nitrogen and oxygen atoms in total. The maximum Gasteiger partial charge on any atom is 0.354 e. The second kappa shape index (κ2) is 7.67. The molecule has 1 heterocycles. The number of hydrogen-bond donors (Lipinski definition) is 0. The molecule has 1 aliphatic heterocycles. The van der Waals surface area contributed by atoms with Crippen LogP contribution in [-0.2, 0) is 28.6 Å². The Kier molecular flexibility index (Phi) is 6.78. The number of esters is 1. The quantitative estimate of drug-likeness (QED) is 0.285. The van der Waals surface area contributed by atoms with E-state index < -0.39 is 47.4 Å². The molecule has 9 heteroatoms. The van der Waals surface area contributed by atoms with E-state index in [1.165, 1.54) is 7.11 Å². The van der Waals surface area contributed by atoms with Gasteiger partial charge in [0.05, 0.1) is 19.1 Å². The monoisotopic (exact) mass is 419 g/mol. The zero-order valence-electron chi connectivity index (χ0n) is 18.0. The van der Waals surface area contributed by atoms with Gasteiger partial charge < -0.3 is 9.16 Å². The van der Waals surface area contributed by atoms with Gasteiger partial charge in [-0.2, -0.15) is 0 Å². The Morgan fingerprint density at radius 2 is 1.70 bits per heavy atom. The van der Waals surface area contributed by atoms with Gasteiger partial charge in [0.25, 0.3) is 0 Å². The fraction of sp³-hybridized carbons (Fsp3) is 0.778. The van der Waals surface area contributed by atoms with Crippen LogP contribution in [0.25, 0.3) is 0 Å². The van der Waals surface area contributed by atoms with E-state index in [4.69, 9.17) is 9.16 Å². The Labute approximate surface area is 164 Å². The summed E-state index contributed by atoms with van der Waals surface area (Å²) < 4.78 is 36.0. The third kappa shape index (κ3) is 4.63. The number of sulfone groups is 1. The molecule has 0 unspecified atom stereocenters. The fourth-order valence-electron chi connectivity index (χ4n) is 2.97. The van der Waals surface area contributed by atoms with E-state index in [0.29, 0.717) is 5.57 Å². The topological polar surface area (TPSA) is 90.0 Å². The van der Waals surface area contributed by atoms with Gasteiger partial charge in [-0.25, -0.2) is 13.2 Å². The van der Waals surface area contributed by atoms with E-state index in [1.54, 1.807) is 20.8 Å². The van der Waals surface area contributed by atoms with Crippen molar-refractivity contribution in [3.05, 3.63) is 11.3 Å². The first-order valence-electron chi connectivity index (χ1n) is 8.93. The van der Waals surface area contributed by atoms with Crippen LogP contribution < -0.4 is 0 Å². The number of likely N-dealkylation sites (tertiary alicyclic amines) is 1. The predicted octanol–water partition coefficient (Wildman–Crippen LogP) is 2.69. The molecule has 156 valence electrons. The molecule has 1 saturated heterocycles. The van der Waals surface area contributed by atoms with Crippen LogP contribution in [0, 0.1) is 5.92 Å². The summed E-state index contributed by atoms with van der Waals surface area (Å²) in [6.45, 7) is 15.3. The van der Waals surface area contributed by atoms with Crippen molar-refractivity contribution in [1.29, 1.82) is 0 Å². The molecule has 0 aromatic heterocycles. The van der Waals surface area contributed by atoms with Crippen LogP contribution in [0.1, 0.15) is 41.5 Å². The molecule has 0 bridgehead atoms. The van der Waals surface area contributed by atoms with Gasteiger partial charge in [0.1, 0.15) is 5.70 Å².